The van der Waals surface area contributed by atoms with Crippen molar-refractivity contribution >= 4 is 21.7 Å². The molecule has 9 heteroatoms. The minimum atomic E-state index is -3.88. The number of nitrogens with zero attached hydrogens (tertiary/aromatic N) is 3. The Hall–Kier alpha value is -2.42. The van der Waals surface area contributed by atoms with Gasteiger partial charge in [0, 0.05) is 12.7 Å². The van der Waals surface area contributed by atoms with Gasteiger partial charge in [0.05, 0.1) is 18.1 Å². The predicted octanol–water partition coefficient (Wildman–Crippen LogP) is 1.19. The first-order valence-electron chi connectivity index (χ1n) is 6.15. The predicted molar refractivity (Wildman–Crippen MR) is 74.5 cm³/mol. The Morgan fingerprint density at radius 2 is 2.05 bits per heavy atom. The number of aromatic nitrogens is 3. The lowest BCUT2D eigenvalue weighted by atomic mass is 10.4. The van der Waals surface area contributed by atoms with Crippen molar-refractivity contribution < 1.29 is 18.3 Å². The Kier molecular flexibility index (Phi) is 4.22. The normalized spacial score (nSPS) is 11.3. The molecule has 0 aromatic carbocycles. The van der Waals surface area contributed by atoms with Gasteiger partial charge in [0.1, 0.15) is 16.9 Å². The molecule has 2 aromatic rings. The number of hydrogen-bond donors (Lipinski definition) is 2. The van der Waals surface area contributed by atoms with Crippen LogP contribution in [0.5, 0.6) is 0 Å². The summed E-state index contributed by atoms with van der Waals surface area (Å²) in [5.41, 5.74) is 0.138. The Morgan fingerprint density at radius 1 is 1.38 bits per heavy atom. The fourth-order valence-corrected chi connectivity index (χ4v) is 2.87. The van der Waals surface area contributed by atoms with Gasteiger partial charge in [-0.15, -0.1) is 0 Å². The maximum Gasteiger partial charge on any atom is 0.352 e. The smallest absolute Gasteiger partial charge is 0.352 e. The molecule has 2 rings (SSSR count). The zero-order valence-electron chi connectivity index (χ0n) is 11.2. The first-order valence-corrected chi connectivity index (χ1v) is 7.63. The Bertz CT molecular complexity index is 740. The van der Waals surface area contributed by atoms with Crippen LogP contribution in [0.25, 0.3) is 0 Å². The Balaban J connectivity index is 2.36. The van der Waals surface area contributed by atoms with Gasteiger partial charge >= 0.3 is 5.97 Å². The molecule has 0 radical (unpaired) electrons. The van der Waals surface area contributed by atoms with Crippen LogP contribution in [0.1, 0.15) is 23.8 Å². The lowest BCUT2D eigenvalue weighted by Gasteiger charge is -2.05. The molecule has 0 unspecified atom stereocenters. The van der Waals surface area contributed by atoms with Crippen LogP contribution in [0.3, 0.4) is 0 Å². The van der Waals surface area contributed by atoms with Crippen LogP contribution in [-0.2, 0) is 16.6 Å². The highest BCUT2D eigenvalue weighted by Gasteiger charge is 2.21. The van der Waals surface area contributed by atoms with Crippen molar-refractivity contribution in [3.05, 3.63) is 36.7 Å². The van der Waals surface area contributed by atoms with Gasteiger partial charge in [-0.2, -0.15) is 0 Å². The topological polar surface area (TPSA) is 114 Å². The van der Waals surface area contributed by atoms with E-state index in [0.717, 1.165) is 6.07 Å². The molecule has 0 saturated carbocycles. The van der Waals surface area contributed by atoms with Crippen LogP contribution in [0, 0.1) is 0 Å². The zero-order valence-corrected chi connectivity index (χ0v) is 12.0. The van der Waals surface area contributed by atoms with Gasteiger partial charge in [-0.1, -0.05) is 6.92 Å². The van der Waals surface area contributed by atoms with Gasteiger partial charge in [-0.05, 0) is 12.5 Å². The van der Waals surface area contributed by atoms with E-state index in [4.69, 9.17) is 5.11 Å². The van der Waals surface area contributed by atoms with Crippen LogP contribution < -0.4 is 4.72 Å². The first-order chi connectivity index (χ1) is 9.94. The van der Waals surface area contributed by atoms with Crippen LogP contribution in [0.15, 0.2) is 35.9 Å². The SMILES string of the molecule is CCCn1cc(S(=O)(=O)Nc2cncnc2)cc1C(=O)O. The number of hydrogen-bond acceptors (Lipinski definition) is 5. The second-order valence-corrected chi connectivity index (χ2v) is 5.97. The van der Waals surface area contributed by atoms with E-state index in [0.29, 0.717) is 13.0 Å². The van der Waals surface area contributed by atoms with Crippen LogP contribution in [-0.4, -0.2) is 34.0 Å². The summed E-state index contributed by atoms with van der Waals surface area (Å²) in [5, 5.41) is 9.11. The molecule has 8 nitrogen and oxygen atoms in total. The summed E-state index contributed by atoms with van der Waals surface area (Å²) in [6, 6.07) is 1.13. The third-order valence-electron chi connectivity index (χ3n) is 2.68. The molecule has 2 heterocycles. The van der Waals surface area contributed by atoms with Crippen molar-refractivity contribution in [1.82, 2.24) is 14.5 Å². The highest BCUT2D eigenvalue weighted by molar-refractivity contribution is 7.92. The van der Waals surface area contributed by atoms with E-state index in [1.54, 1.807) is 0 Å². The molecule has 0 saturated heterocycles. The average Bonchev–Trinajstić information content (AvgIpc) is 2.85. The fraction of sp³-hybridized carbons (Fsp3) is 0.250. The summed E-state index contributed by atoms with van der Waals surface area (Å²) in [6.45, 7) is 2.30. The van der Waals surface area contributed by atoms with E-state index in [-0.39, 0.29) is 16.3 Å². The van der Waals surface area contributed by atoms with Gasteiger partial charge < -0.3 is 9.67 Å². The lowest BCUT2D eigenvalue weighted by Crippen LogP contribution is -2.12. The average molecular weight is 310 g/mol. The van der Waals surface area contributed by atoms with Crippen molar-refractivity contribution in [2.45, 2.75) is 24.8 Å². The minimum absolute atomic E-state index is 0.0680. The molecule has 2 aromatic heterocycles. The molecule has 0 amide bonds. The van der Waals surface area contributed by atoms with Gasteiger partial charge in [0.25, 0.3) is 10.0 Å². The monoisotopic (exact) mass is 310 g/mol. The molecular formula is C12H14N4O4S. The summed E-state index contributed by atoms with van der Waals surface area (Å²) >= 11 is 0. The largest absolute Gasteiger partial charge is 0.477 e. The van der Waals surface area contributed by atoms with Gasteiger partial charge in [-0.25, -0.2) is 23.2 Å². The van der Waals surface area contributed by atoms with Crippen LogP contribution in [0.4, 0.5) is 5.69 Å². The minimum Gasteiger partial charge on any atom is -0.477 e. The van der Waals surface area contributed by atoms with Crippen LogP contribution in [0.2, 0.25) is 0 Å². The second-order valence-electron chi connectivity index (χ2n) is 4.29. The molecule has 0 spiro atoms. The van der Waals surface area contributed by atoms with Crippen molar-refractivity contribution in [3.8, 4) is 0 Å². The highest BCUT2D eigenvalue weighted by Crippen LogP contribution is 2.18. The molecule has 0 atom stereocenters. The number of aryl methyl sites for hydroxylation is 1. The fourth-order valence-electron chi connectivity index (χ4n) is 1.80. The number of anilines is 1. The molecule has 0 aliphatic carbocycles. The molecule has 0 fully saturated rings. The number of sulfonamides is 1. The lowest BCUT2D eigenvalue weighted by molar-refractivity contribution is 0.0685. The summed E-state index contributed by atoms with van der Waals surface area (Å²) in [5.74, 6) is -1.17. The molecule has 112 valence electrons. The molecule has 2 N–H and O–H groups in total. The van der Waals surface area contributed by atoms with Crippen molar-refractivity contribution in [2.24, 2.45) is 0 Å². The number of carboxylic acids is 1. The standard InChI is InChI=1S/C12H14N4O4S/c1-2-3-16-7-10(4-11(16)12(17)18)21(19,20)15-9-5-13-8-14-6-9/h4-8,15H,2-3H2,1H3,(H,17,18). The maximum atomic E-state index is 12.2. The van der Waals surface area contributed by atoms with E-state index in [1.165, 1.54) is 29.5 Å². The van der Waals surface area contributed by atoms with E-state index < -0.39 is 16.0 Å². The first kappa shape index (κ1) is 15.0. The van der Waals surface area contributed by atoms with Crippen molar-refractivity contribution in [3.63, 3.8) is 0 Å². The zero-order chi connectivity index (χ0) is 15.5. The molecule has 21 heavy (non-hydrogen) atoms. The van der Waals surface area contributed by atoms with E-state index in [1.807, 2.05) is 6.92 Å². The molecule has 0 aliphatic rings. The van der Waals surface area contributed by atoms with Gasteiger partial charge in [0.2, 0.25) is 0 Å². The quantitative estimate of drug-likeness (QED) is 0.828. The molecule has 0 bridgehead atoms. The van der Waals surface area contributed by atoms with Gasteiger partial charge in [-0.3, -0.25) is 4.72 Å². The van der Waals surface area contributed by atoms with E-state index in [2.05, 4.69) is 14.7 Å². The van der Waals surface area contributed by atoms with E-state index in [9.17, 15) is 13.2 Å². The number of nitrogens with one attached hydrogen (secondary N) is 1. The third-order valence-corrected chi connectivity index (χ3v) is 4.03. The summed E-state index contributed by atoms with van der Waals surface area (Å²) in [7, 11) is -3.88. The summed E-state index contributed by atoms with van der Waals surface area (Å²) < 4.78 is 28.1. The number of rotatable bonds is 6. The summed E-state index contributed by atoms with van der Waals surface area (Å²) in [6.07, 6.45) is 5.89. The van der Waals surface area contributed by atoms with Gasteiger partial charge in [0.15, 0.2) is 0 Å². The number of carbonyl (C=O) groups is 1. The van der Waals surface area contributed by atoms with E-state index >= 15 is 0 Å². The second kappa shape index (κ2) is 5.92. The highest BCUT2D eigenvalue weighted by atomic mass is 32.2. The molecule has 0 aliphatic heterocycles. The Labute approximate surface area is 121 Å². The Morgan fingerprint density at radius 3 is 2.62 bits per heavy atom. The maximum absolute atomic E-state index is 12.2. The summed E-state index contributed by atoms with van der Waals surface area (Å²) in [4.78, 5) is 18.4. The van der Waals surface area contributed by atoms with Crippen molar-refractivity contribution in [1.29, 1.82) is 0 Å². The number of carboxylic acid groups (broad SMARTS) is 1. The third kappa shape index (κ3) is 3.37. The van der Waals surface area contributed by atoms with Crippen molar-refractivity contribution in [2.75, 3.05) is 4.72 Å². The van der Waals surface area contributed by atoms with Crippen LogP contribution >= 0.6 is 0 Å². The molecular weight excluding hydrogens is 296 g/mol. The number of aromatic carboxylic acids is 1.